The molecule has 3 N–H and O–H groups in total. The average Bonchev–Trinajstić information content (AvgIpc) is 2.93. The van der Waals surface area contributed by atoms with E-state index in [0.717, 1.165) is 16.9 Å². The molecule has 0 saturated heterocycles. The summed E-state index contributed by atoms with van der Waals surface area (Å²) in [6, 6.07) is 7.60. The number of benzene rings is 1. The zero-order chi connectivity index (χ0) is 17.0. The molecule has 0 saturated carbocycles. The monoisotopic (exact) mass is 316 g/mol. The topological polar surface area (TPSA) is 77.5 Å². The Balaban J connectivity index is 2.09. The van der Waals surface area contributed by atoms with Crippen LogP contribution in [-0.2, 0) is 13.1 Å². The van der Waals surface area contributed by atoms with Crippen molar-refractivity contribution in [3.05, 3.63) is 53.0 Å². The molecule has 5 heteroatoms. The number of hydrogen-bond donors (Lipinski definition) is 2. The van der Waals surface area contributed by atoms with Crippen LogP contribution in [0.2, 0.25) is 0 Å². The van der Waals surface area contributed by atoms with Crippen LogP contribution < -0.4 is 15.8 Å². The molecule has 0 aliphatic rings. The SMILES string of the molecule is Cc1ccc(CNC(=O)c2coc(CN)c2)c(OC(C)(C)C)c1. The fourth-order valence-corrected chi connectivity index (χ4v) is 2.12. The predicted molar refractivity (Wildman–Crippen MR) is 89.3 cm³/mol. The highest BCUT2D eigenvalue weighted by molar-refractivity contribution is 5.93. The molecule has 1 aromatic carbocycles. The highest BCUT2D eigenvalue weighted by Gasteiger charge is 2.16. The second kappa shape index (κ2) is 6.87. The maximum atomic E-state index is 12.2. The lowest BCUT2D eigenvalue weighted by Gasteiger charge is -2.23. The molecule has 0 unspecified atom stereocenters. The number of furan rings is 1. The van der Waals surface area contributed by atoms with Crippen molar-refractivity contribution in [1.82, 2.24) is 5.32 Å². The second-order valence-corrected chi connectivity index (χ2v) is 6.51. The minimum absolute atomic E-state index is 0.198. The summed E-state index contributed by atoms with van der Waals surface area (Å²) in [5.41, 5.74) is 7.69. The van der Waals surface area contributed by atoms with E-state index in [-0.39, 0.29) is 18.1 Å². The van der Waals surface area contributed by atoms with Crippen LogP contribution in [0.4, 0.5) is 0 Å². The van der Waals surface area contributed by atoms with E-state index in [1.165, 1.54) is 6.26 Å². The summed E-state index contributed by atoms with van der Waals surface area (Å²) in [4.78, 5) is 12.2. The van der Waals surface area contributed by atoms with Gasteiger partial charge < -0.3 is 20.2 Å². The van der Waals surface area contributed by atoms with Crippen molar-refractivity contribution in [3.63, 3.8) is 0 Å². The van der Waals surface area contributed by atoms with Gasteiger partial charge in [-0.2, -0.15) is 0 Å². The third-order valence-electron chi connectivity index (χ3n) is 3.20. The van der Waals surface area contributed by atoms with Gasteiger partial charge >= 0.3 is 0 Å². The molecule has 0 atom stereocenters. The molecule has 2 aromatic rings. The first-order chi connectivity index (χ1) is 10.8. The maximum Gasteiger partial charge on any atom is 0.254 e. The summed E-state index contributed by atoms with van der Waals surface area (Å²) in [6.45, 7) is 8.66. The van der Waals surface area contributed by atoms with Crippen molar-refractivity contribution in [2.45, 2.75) is 46.4 Å². The van der Waals surface area contributed by atoms with Crippen LogP contribution in [-0.4, -0.2) is 11.5 Å². The van der Waals surface area contributed by atoms with Crippen LogP contribution in [0.1, 0.15) is 48.0 Å². The number of nitrogens with two attached hydrogens (primary N) is 1. The lowest BCUT2D eigenvalue weighted by molar-refractivity contribution is 0.0949. The number of rotatable bonds is 5. The highest BCUT2D eigenvalue weighted by atomic mass is 16.5. The van der Waals surface area contributed by atoms with Crippen molar-refractivity contribution in [3.8, 4) is 5.75 Å². The minimum atomic E-state index is -0.298. The first-order valence-corrected chi connectivity index (χ1v) is 7.63. The van der Waals surface area contributed by atoms with Crippen molar-refractivity contribution in [2.24, 2.45) is 5.73 Å². The van der Waals surface area contributed by atoms with Crippen LogP contribution >= 0.6 is 0 Å². The molecule has 5 nitrogen and oxygen atoms in total. The smallest absolute Gasteiger partial charge is 0.254 e. The van der Waals surface area contributed by atoms with Gasteiger partial charge in [0.15, 0.2) is 0 Å². The van der Waals surface area contributed by atoms with Gasteiger partial charge in [0.05, 0.1) is 12.1 Å². The zero-order valence-corrected chi connectivity index (χ0v) is 14.1. The van der Waals surface area contributed by atoms with Gasteiger partial charge in [-0.05, 0) is 45.4 Å². The fraction of sp³-hybridized carbons (Fsp3) is 0.389. The van der Waals surface area contributed by atoms with Crippen LogP contribution in [0.3, 0.4) is 0 Å². The number of nitrogens with one attached hydrogen (secondary N) is 1. The lowest BCUT2D eigenvalue weighted by Crippen LogP contribution is -2.26. The van der Waals surface area contributed by atoms with Crippen LogP contribution in [0.15, 0.2) is 34.9 Å². The molecule has 1 aromatic heterocycles. The van der Waals surface area contributed by atoms with Gasteiger partial charge in [0.2, 0.25) is 0 Å². The largest absolute Gasteiger partial charge is 0.488 e. The molecule has 1 amide bonds. The molecule has 124 valence electrons. The van der Waals surface area contributed by atoms with E-state index < -0.39 is 0 Å². The summed E-state index contributed by atoms with van der Waals surface area (Å²) >= 11 is 0. The summed E-state index contributed by atoms with van der Waals surface area (Å²) < 4.78 is 11.2. The van der Waals surface area contributed by atoms with Gasteiger partial charge in [0, 0.05) is 12.1 Å². The summed E-state index contributed by atoms with van der Waals surface area (Å²) in [6.07, 6.45) is 1.42. The summed E-state index contributed by atoms with van der Waals surface area (Å²) in [5.74, 6) is 1.17. The van der Waals surface area contributed by atoms with E-state index in [0.29, 0.717) is 17.9 Å². The quantitative estimate of drug-likeness (QED) is 0.888. The molecule has 23 heavy (non-hydrogen) atoms. The van der Waals surface area contributed by atoms with Crippen molar-refractivity contribution in [2.75, 3.05) is 0 Å². The fourth-order valence-electron chi connectivity index (χ4n) is 2.12. The Hall–Kier alpha value is -2.27. The average molecular weight is 316 g/mol. The van der Waals surface area contributed by atoms with Gasteiger partial charge in [-0.3, -0.25) is 4.79 Å². The summed E-state index contributed by atoms with van der Waals surface area (Å²) in [7, 11) is 0. The Morgan fingerprint density at radius 1 is 1.30 bits per heavy atom. The number of amides is 1. The van der Waals surface area contributed by atoms with Gasteiger partial charge in [-0.25, -0.2) is 0 Å². The van der Waals surface area contributed by atoms with Gasteiger partial charge in [0.1, 0.15) is 23.4 Å². The first-order valence-electron chi connectivity index (χ1n) is 7.63. The molecule has 0 spiro atoms. The van der Waals surface area contributed by atoms with E-state index in [9.17, 15) is 4.79 Å². The normalized spacial score (nSPS) is 11.3. The van der Waals surface area contributed by atoms with Gasteiger partial charge in [-0.1, -0.05) is 12.1 Å². The van der Waals surface area contributed by atoms with E-state index in [1.807, 2.05) is 45.9 Å². The lowest BCUT2D eigenvalue weighted by atomic mass is 10.1. The van der Waals surface area contributed by atoms with Crippen LogP contribution in [0.25, 0.3) is 0 Å². The maximum absolute atomic E-state index is 12.2. The van der Waals surface area contributed by atoms with E-state index in [4.69, 9.17) is 14.9 Å². The Labute approximate surface area is 136 Å². The molecule has 0 bridgehead atoms. The molecule has 1 heterocycles. The van der Waals surface area contributed by atoms with Gasteiger partial charge in [-0.15, -0.1) is 0 Å². The van der Waals surface area contributed by atoms with Crippen molar-refractivity contribution < 1.29 is 13.9 Å². The van der Waals surface area contributed by atoms with E-state index in [2.05, 4.69) is 5.32 Å². The Morgan fingerprint density at radius 2 is 2.04 bits per heavy atom. The molecule has 2 rings (SSSR count). The van der Waals surface area contributed by atoms with Crippen LogP contribution in [0, 0.1) is 6.92 Å². The molecular formula is C18H24N2O3. The molecule has 0 aliphatic carbocycles. The van der Waals surface area contributed by atoms with E-state index >= 15 is 0 Å². The number of carbonyl (C=O) groups excluding carboxylic acids is 1. The first kappa shape index (κ1) is 17.1. The molecular weight excluding hydrogens is 292 g/mol. The number of carbonyl (C=O) groups is 1. The number of ether oxygens (including phenoxy) is 1. The standard InChI is InChI=1S/C18H24N2O3/c1-12-5-6-13(16(7-12)23-18(2,3)4)10-20-17(21)14-8-15(9-19)22-11-14/h5-8,11H,9-10,19H2,1-4H3,(H,20,21). The van der Waals surface area contributed by atoms with Gasteiger partial charge in [0.25, 0.3) is 5.91 Å². The number of hydrogen-bond acceptors (Lipinski definition) is 4. The number of aryl methyl sites for hydroxylation is 1. The summed E-state index contributed by atoms with van der Waals surface area (Å²) in [5, 5.41) is 2.88. The van der Waals surface area contributed by atoms with Crippen LogP contribution in [0.5, 0.6) is 5.75 Å². The van der Waals surface area contributed by atoms with Crippen molar-refractivity contribution >= 4 is 5.91 Å². The third-order valence-corrected chi connectivity index (χ3v) is 3.20. The van der Waals surface area contributed by atoms with Crippen molar-refractivity contribution in [1.29, 1.82) is 0 Å². The predicted octanol–water partition coefficient (Wildman–Crippen LogP) is 3.15. The zero-order valence-electron chi connectivity index (χ0n) is 14.1. The van der Waals surface area contributed by atoms with E-state index in [1.54, 1.807) is 6.07 Å². The molecule has 0 aliphatic heterocycles. The molecule has 0 fully saturated rings. The third kappa shape index (κ3) is 4.86. The highest BCUT2D eigenvalue weighted by Crippen LogP contribution is 2.24. The Bertz CT molecular complexity index is 684. The Morgan fingerprint density at radius 3 is 2.65 bits per heavy atom. The Kier molecular flexibility index (Phi) is 5.11. The second-order valence-electron chi connectivity index (χ2n) is 6.51. The minimum Gasteiger partial charge on any atom is -0.488 e. The molecule has 0 radical (unpaired) electrons.